The summed E-state index contributed by atoms with van der Waals surface area (Å²) in [6.45, 7) is 7.22. The topological polar surface area (TPSA) is 35.2 Å². The molecule has 2 nitrogen and oxygen atoms in total. The Labute approximate surface area is 123 Å². The van der Waals surface area contributed by atoms with Gasteiger partial charge in [-0.2, -0.15) is 0 Å². The first-order valence-electron chi connectivity index (χ1n) is 7.06. The molecule has 0 radical (unpaired) electrons. The molecular formula is C16H22BrNO. The number of benzene rings is 1. The lowest BCUT2D eigenvalue weighted by Gasteiger charge is -2.39. The monoisotopic (exact) mass is 323 g/mol. The van der Waals surface area contributed by atoms with Gasteiger partial charge in [-0.15, -0.1) is 0 Å². The number of rotatable bonds is 2. The molecule has 1 aromatic carbocycles. The molecule has 2 bridgehead atoms. The Morgan fingerprint density at radius 3 is 2.58 bits per heavy atom. The van der Waals surface area contributed by atoms with Crippen molar-refractivity contribution in [2.24, 2.45) is 16.7 Å². The molecular weight excluding hydrogens is 302 g/mol. The molecule has 2 aliphatic rings. The maximum Gasteiger partial charge on any atom is 0.134 e. The first kappa shape index (κ1) is 13.3. The van der Waals surface area contributed by atoms with Crippen LogP contribution in [0.5, 0.6) is 5.75 Å². The van der Waals surface area contributed by atoms with Gasteiger partial charge in [0.1, 0.15) is 11.9 Å². The highest BCUT2D eigenvalue weighted by Gasteiger charge is 2.62. The number of nitrogens with two attached hydrogens (primary N) is 1. The van der Waals surface area contributed by atoms with Gasteiger partial charge in [0, 0.05) is 11.1 Å². The first-order valence-corrected chi connectivity index (χ1v) is 7.85. The normalized spacial score (nSPS) is 35.6. The lowest BCUT2D eigenvalue weighted by Crippen LogP contribution is -2.38. The fourth-order valence-electron chi connectivity index (χ4n) is 4.07. The average molecular weight is 324 g/mol. The third-order valence-corrected chi connectivity index (χ3v) is 6.56. The molecule has 2 fully saturated rings. The lowest BCUT2D eigenvalue weighted by molar-refractivity contribution is 0.0297. The molecule has 0 heterocycles. The maximum absolute atomic E-state index is 6.33. The largest absolute Gasteiger partial charge is 0.489 e. The van der Waals surface area contributed by atoms with Crippen molar-refractivity contribution in [1.82, 2.24) is 0 Å². The SMILES string of the molecule is CC1(C)C2CCC1(C)C(Oc1ccc(N)cc1Br)C2. The van der Waals surface area contributed by atoms with Crippen LogP contribution in [0.15, 0.2) is 22.7 Å². The van der Waals surface area contributed by atoms with Crippen molar-refractivity contribution in [2.45, 2.75) is 46.1 Å². The van der Waals surface area contributed by atoms with Crippen LogP contribution in [0.25, 0.3) is 0 Å². The lowest BCUT2D eigenvalue weighted by atomic mass is 9.70. The van der Waals surface area contributed by atoms with Gasteiger partial charge in [-0.05, 0) is 64.7 Å². The molecule has 3 heteroatoms. The summed E-state index contributed by atoms with van der Waals surface area (Å²) >= 11 is 3.55. The number of ether oxygens (including phenoxy) is 1. The molecule has 0 spiro atoms. The standard InChI is InChI=1S/C16H22BrNO/c1-15(2)10-6-7-16(15,3)14(8-10)19-13-5-4-11(18)9-12(13)17/h4-5,9-10,14H,6-8,18H2,1-3H3. The molecule has 2 aliphatic carbocycles. The molecule has 2 saturated carbocycles. The Morgan fingerprint density at radius 2 is 2.05 bits per heavy atom. The molecule has 0 saturated heterocycles. The van der Waals surface area contributed by atoms with E-state index in [1.807, 2.05) is 18.2 Å². The number of nitrogen functional groups attached to an aromatic ring is 1. The third-order valence-electron chi connectivity index (χ3n) is 5.94. The Morgan fingerprint density at radius 1 is 1.32 bits per heavy atom. The van der Waals surface area contributed by atoms with Gasteiger partial charge >= 0.3 is 0 Å². The van der Waals surface area contributed by atoms with Crippen LogP contribution in [-0.2, 0) is 0 Å². The first-order chi connectivity index (χ1) is 8.84. The second-order valence-corrected chi connectivity index (χ2v) is 7.76. The van der Waals surface area contributed by atoms with Crippen molar-refractivity contribution in [1.29, 1.82) is 0 Å². The summed E-state index contributed by atoms with van der Waals surface area (Å²) in [7, 11) is 0. The van der Waals surface area contributed by atoms with Crippen molar-refractivity contribution < 1.29 is 4.74 Å². The van der Waals surface area contributed by atoms with E-state index in [9.17, 15) is 0 Å². The van der Waals surface area contributed by atoms with Crippen LogP contribution in [0.1, 0.15) is 40.0 Å². The zero-order valence-electron chi connectivity index (χ0n) is 11.9. The van der Waals surface area contributed by atoms with E-state index in [2.05, 4.69) is 36.7 Å². The average Bonchev–Trinajstić information content (AvgIpc) is 2.65. The number of hydrogen-bond donors (Lipinski definition) is 1. The number of fused-ring (bicyclic) bond motifs is 2. The predicted molar refractivity (Wildman–Crippen MR) is 82.2 cm³/mol. The van der Waals surface area contributed by atoms with E-state index < -0.39 is 0 Å². The van der Waals surface area contributed by atoms with E-state index in [4.69, 9.17) is 10.5 Å². The quantitative estimate of drug-likeness (QED) is 0.805. The Kier molecular flexibility index (Phi) is 2.90. The van der Waals surface area contributed by atoms with Gasteiger partial charge in [0.05, 0.1) is 4.47 Å². The summed E-state index contributed by atoms with van der Waals surface area (Å²) in [6, 6.07) is 5.79. The van der Waals surface area contributed by atoms with Crippen LogP contribution in [0, 0.1) is 16.7 Å². The van der Waals surface area contributed by atoms with Crippen molar-refractivity contribution in [3.05, 3.63) is 22.7 Å². The Balaban J connectivity index is 1.86. The van der Waals surface area contributed by atoms with E-state index in [-0.39, 0.29) is 0 Å². The van der Waals surface area contributed by atoms with E-state index in [0.29, 0.717) is 16.9 Å². The zero-order chi connectivity index (χ0) is 13.8. The highest BCUT2D eigenvalue weighted by Crippen LogP contribution is 2.66. The number of halogens is 1. The summed E-state index contributed by atoms with van der Waals surface area (Å²) in [5.74, 6) is 1.72. The smallest absolute Gasteiger partial charge is 0.134 e. The van der Waals surface area contributed by atoms with Crippen molar-refractivity contribution in [2.75, 3.05) is 5.73 Å². The second kappa shape index (κ2) is 4.15. The van der Waals surface area contributed by atoms with Crippen LogP contribution in [0.4, 0.5) is 5.69 Å². The zero-order valence-corrected chi connectivity index (χ0v) is 13.5. The van der Waals surface area contributed by atoms with Gasteiger partial charge < -0.3 is 10.5 Å². The van der Waals surface area contributed by atoms with Gasteiger partial charge in [-0.25, -0.2) is 0 Å². The third kappa shape index (κ3) is 1.81. The molecule has 0 aromatic heterocycles. The Hall–Kier alpha value is -0.700. The fraction of sp³-hybridized carbons (Fsp3) is 0.625. The summed E-state index contributed by atoms with van der Waals surface area (Å²) in [5.41, 5.74) is 7.22. The predicted octanol–water partition coefficient (Wildman–Crippen LogP) is 4.62. The molecule has 3 atom stereocenters. The molecule has 0 amide bonds. The summed E-state index contributed by atoms with van der Waals surface area (Å²) < 4.78 is 7.29. The Bertz CT molecular complexity index is 513. The van der Waals surface area contributed by atoms with Gasteiger partial charge in [0.25, 0.3) is 0 Å². The summed E-state index contributed by atoms with van der Waals surface area (Å²) in [5, 5.41) is 0. The molecule has 0 aliphatic heterocycles. The molecule has 19 heavy (non-hydrogen) atoms. The van der Waals surface area contributed by atoms with E-state index in [1.165, 1.54) is 19.3 Å². The van der Waals surface area contributed by atoms with Crippen molar-refractivity contribution >= 4 is 21.6 Å². The number of anilines is 1. The van der Waals surface area contributed by atoms with Gasteiger partial charge in [-0.1, -0.05) is 20.8 Å². The van der Waals surface area contributed by atoms with E-state index >= 15 is 0 Å². The second-order valence-electron chi connectivity index (χ2n) is 6.91. The minimum Gasteiger partial charge on any atom is -0.489 e. The van der Waals surface area contributed by atoms with Crippen LogP contribution in [-0.4, -0.2) is 6.10 Å². The van der Waals surface area contributed by atoms with Crippen LogP contribution in [0.3, 0.4) is 0 Å². The minimum absolute atomic E-state index is 0.290. The summed E-state index contributed by atoms with van der Waals surface area (Å²) in [4.78, 5) is 0. The molecule has 104 valence electrons. The van der Waals surface area contributed by atoms with Crippen LogP contribution >= 0.6 is 15.9 Å². The molecule has 1 aromatic rings. The summed E-state index contributed by atoms with van der Waals surface area (Å²) in [6.07, 6.45) is 4.13. The van der Waals surface area contributed by atoms with Crippen LogP contribution < -0.4 is 10.5 Å². The van der Waals surface area contributed by atoms with Gasteiger partial charge in [0.15, 0.2) is 0 Å². The maximum atomic E-state index is 6.33. The molecule has 2 N–H and O–H groups in total. The number of hydrogen-bond acceptors (Lipinski definition) is 2. The van der Waals surface area contributed by atoms with E-state index in [1.54, 1.807) is 0 Å². The van der Waals surface area contributed by atoms with Crippen LogP contribution in [0.2, 0.25) is 0 Å². The van der Waals surface area contributed by atoms with Gasteiger partial charge in [0.2, 0.25) is 0 Å². The minimum atomic E-state index is 0.290. The van der Waals surface area contributed by atoms with Crippen molar-refractivity contribution in [3.8, 4) is 5.75 Å². The van der Waals surface area contributed by atoms with E-state index in [0.717, 1.165) is 21.8 Å². The van der Waals surface area contributed by atoms with Crippen molar-refractivity contribution in [3.63, 3.8) is 0 Å². The highest BCUT2D eigenvalue weighted by atomic mass is 79.9. The van der Waals surface area contributed by atoms with Gasteiger partial charge in [-0.3, -0.25) is 0 Å². The fourth-order valence-corrected chi connectivity index (χ4v) is 4.56. The highest BCUT2D eigenvalue weighted by molar-refractivity contribution is 9.10. The molecule has 3 rings (SSSR count). The molecule has 3 unspecified atom stereocenters.